The van der Waals surface area contributed by atoms with Crippen molar-refractivity contribution in [1.82, 2.24) is 5.32 Å². The number of likely N-dealkylation sites (N-methyl/N-ethyl adjacent to an activating group) is 1. The lowest BCUT2D eigenvalue weighted by Crippen LogP contribution is -2.35. The van der Waals surface area contributed by atoms with Crippen molar-refractivity contribution < 1.29 is 4.79 Å². The highest BCUT2D eigenvalue weighted by Crippen LogP contribution is 2.18. The van der Waals surface area contributed by atoms with E-state index in [1.54, 1.807) is 7.05 Å². The zero-order chi connectivity index (χ0) is 12.3. The molecule has 2 aromatic rings. The van der Waals surface area contributed by atoms with Crippen LogP contribution in [0.2, 0.25) is 0 Å². The molecule has 0 aliphatic carbocycles. The zero-order valence-electron chi connectivity index (χ0n) is 10.0. The van der Waals surface area contributed by atoms with Crippen molar-refractivity contribution in [2.45, 2.75) is 13.0 Å². The summed E-state index contributed by atoms with van der Waals surface area (Å²) < 4.78 is 0. The lowest BCUT2D eigenvalue weighted by atomic mass is 10.1. The maximum Gasteiger partial charge on any atom is 0.241 e. The van der Waals surface area contributed by atoms with Crippen LogP contribution in [0.3, 0.4) is 0 Å². The van der Waals surface area contributed by atoms with Crippen LogP contribution in [0.25, 0.3) is 10.8 Å². The van der Waals surface area contributed by atoms with E-state index in [9.17, 15) is 4.79 Å². The molecule has 2 N–H and O–H groups in total. The fourth-order valence-electron chi connectivity index (χ4n) is 1.65. The Morgan fingerprint density at radius 3 is 2.53 bits per heavy atom. The number of nitrogens with one attached hydrogen (secondary N) is 2. The molecule has 0 aromatic heterocycles. The molecule has 0 saturated heterocycles. The number of fused-ring (bicyclic) bond motifs is 1. The molecule has 1 atom stereocenters. The first-order valence-electron chi connectivity index (χ1n) is 5.67. The van der Waals surface area contributed by atoms with Crippen molar-refractivity contribution in [2.75, 3.05) is 12.4 Å². The molecular weight excluding hydrogens is 212 g/mol. The minimum absolute atomic E-state index is 0.0252. The Bertz CT molecular complexity index is 536. The SMILES string of the molecule is CN[C@H](C)C(=O)Nc1ccc2ccccc2c1. The smallest absolute Gasteiger partial charge is 0.241 e. The van der Waals surface area contributed by atoms with Crippen LogP contribution < -0.4 is 10.6 Å². The molecule has 2 aromatic carbocycles. The number of benzene rings is 2. The van der Waals surface area contributed by atoms with Crippen LogP contribution in [0.5, 0.6) is 0 Å². The van der Waals surface area contributed by atoms with Crippen molar-refractivity contribution in [3.05, 3.63) is 42.5 Å². The molecule has 17 heavy (non-hydrogen) atoms. The van der Waals surface area contributed by atoms with Crippen LogP contribution in [-0.2, 0) is 4.79 Å². The van der Waals surface area contributed by atoms with E-state index in [0.29, 0.717) is 0 Å². The Morgan fingerprint density at radius 1 is 1.12 bits per heavy atom. The molecule has 0 saturated carbocycles. The number of carbonyl (C=O) groups is 1. The van der Waals surface area contributed by atoms with Crippen LogP contribution >= 0.6 is 0 Å². The van der Waals surface area contributed by atoms with Gasteiger partial charge in [-0.2, -0.15) is 0 Å². The molecule has 0 aliphatic rings. The molecular formula is C14H16N2O. The largest absolute Gasteiger partial charge is 0.325 e. The first kappa shape index (κ1) is 11.6. The molecule has 0 aliphatic heterocycles. The molecule has 0 radical (unpaired) electrons. The molecule has 3 nitrogen and oxygen atoms in total. The Labute approximate surface area is 101 Å². The van der Waals surface area contributed by atoms with Gasteiger partial charge in [0.15, 0.2) is 0 Å². The Hall–Kier alpha value is -1.87. The molecule has 0 unspecified atom stereocenters. The van der Waals surface area contributed by atoms with Gasteiger partial charge in [0.2, 0.25) is 5.91 Å². The van der Waals surface area contributed by atoms with Gasteiger partial charge in [0.05, 0.1) is 6.04 Å². The zero-order valence-corrected chi connectivity index (χ0v) is 10.0. The van der Waals surface area contributed by atoms with Crippen LogP contribution in [0, 0.1) is 0 Å². The average molecular weight is 228 g/mol. The molecule has 2 rings (SSSR count). The fraction of sp³-hybridized carbons (Fsp3) is 0.214. The lowest BCUT2D eigenvalue weighted by molar-refractivity contribution is -0.117. The van der Waals surface area contributed by atoms with E-state index in [2.05, 4.69) is 16.7 Å². The molecule has 0 heterocycles. The van der Waals surface area contributed by atoms with Crippen molar-refractivity contribution >= 4 is 22.4 Å². The summed E-state index contributed by atoms with van der Waals surface area (Å²) in [6.45, 7) is 1.83. The van der Waals surface area contributed by atoms with Crippen molar-refractivity contribution in [1.29, 1.82) is 0 Å². The highest BCUT2D eigenvalue weighted by atomic mass is 16.2. The third-order valence-corrected chi connectivity index (χ3v) is 2.84. The van der Waals surface area contributed by atoms with E-state index >= 15 is 0 Å². The maximum atomic E-state index is 11.7. The normalized spacial score (nSPS) is 12.4. The van der Waals surface area contributed by atoms with Gasteiger partial charge in [0, 0.05) is 5.69 Å². The standard InChI is InChI=1S/C14H16N2O/c1-10(15-2)14(17)16-13-8-7-11-5-3-4-6-12(11)9-13/h3-10,15H,1-2H3,(H,16,17)/t10-/m1/s1. The third-order valence-electron chi connectivity index (χ3n) is 2.84. The Kier molecular flexibility index (Phi) is 3.40. The van der Waals surface area contributed by atoms with Gasteiger partial charge in [-0.3, -0.25) is 4.79 Å². The predicted molar refractivity (Wildman–Crippen MR) is 71.1 cm³/mol. The number of hydrogen-bond donors (Lipinski definition) is 2. The Balaban J connectivity index is 2.22. The van der Waals surface area contributed by atoms with Crippen molar-refractivity contribution in [2.24, 2.45) is 0 Å². The second-order valence-corrected chi connectivity index (χ2v) is 4.06. The molecule has 88 valence electrons. The van der Waals surface area contributed by atoms with Gasteiger partial charge in [-0.15, -0.1) is 0 Å². The first-order valence-corrected chi connectivity index (χ1v) is 5.67. The van der Waals surface area contributed by atoms with Crippen LogP contribution in [0.15, 0.2) is 42.5 Å². The van der Waals surface area contributed by atoms with E-state index in [1.807, 2.05) is 43.3 Å². The number of anilines is 1. The molecule has 0 bridgehead atoms. The fourth-order valence-corrected chi connectivity index (χ4v) is 1.65. The van der Waals surface area contributed by atoms with Crippen molar-refractivity contribution in [3.8, 4) is 0 Å². The van der Waals surface area contributed by atoms with Gasteiger partial charge >= 0.3 is 0 Å². The van der Waals surface area contributed by atoms with Gasteiger partial charge < -0.3 is 10.6 Å². The summed E-state index contributed by atoms with van der Waals surface area (Å²) in [6.07, 6.45) is 0. The predicted octanol–water partition coefficient (Wildman–Crippen LogP) is 2.39. The topological polar surface area (TPSA) is 41.1 Å². The third kappa shape index (κ3) is 2.63. The summed E-state index contributed by atoms with van der Waals surface area (Å²) in [5.41, 5.74) is 0.829. The minimum Gasteiger partial charge on any atom is -0.325 e. The minimum atomic E-state index is -0.193. The Morgan fingerprint density at radius 2 is 1.82 bits per heavy atom. The van der Waals surface area contributed by atoms with Crippen LogP contribution in [0.4, 0.5) is 5.69 Å². The van der Waals surface area contributed by atoms with Gasteiger partial charge in [-0.05, 0) is 36.9 Å². The van der Waals surface area contributed by atoms with E-state index < -0.39 is 0 Å². The molecule has 1 amide bonds. The van der Waals surface area contributed by atoms with E-state index in [0.717, 1.165) is 11.1 Å². The van der Waals surface area contributed by atoms with Gasteiger partial charge in [-0.1, -0.05) is 30.3 Å². The van der Waals surface area contributed by atoms with E-state index in [4.69, 9.17) is 0 Å². The number of rotatable bonds is 3. The second kappa shape index (κ2) is 4.97. The monoisotopic (exact) mass is 228 g/mol. The van der Waals surface area contributed by atoms with Crippen LogP contribution in [0.1, 0.15) is 6.92 Å². The van der Waals surface area contributed by atoms with Crippen LogP contribution in [-0.4, -0.2) is 19.0 Å². The summed E-state index contributed by atoms with van der Waals surface area (Å²) >= 11 is 0. The number of amides is 1. The lowest BCUT2D eigenvalue weighted by Gasteiger charge is -2.11. The van der Waals surface area contributed by atoms with E-state index in [-0.39, 0.29) is 11.9 Å². The summed E-state index contributed by atoms with van der Waals surface area (Å²) in [5.74, 6) is -0.0252. The quantitative estimate of drug-likeness (QED) is 0.847. The summed E-state index contributed by atoms with van der Waals surface area (Å²) in [6, 6.07) is 13.8. The highest BCUT2D eigenvalue weighted by molar-refractivity contribution is 5.97. The van der Waals surface area contributed by atoms with Gasteiger partial charge in [0.1, 0.15) is 0 Å². The van der Waals surface area contributed by atoms with E-state index in [1.165, 1.54) is 5.39 Å². The molecule has 0 spiro atoms. The summed E-state index contributed by atoms with van der Waals surface area (Å²) in [5, 5.41) is 8.09. The summed E-state index contributed by atoms with van der Waals surface area (Å²) in [4.78, 5) is 11.7. The number of hydrogen-bond acceptors (Lipinski definition) is 2. The molecule has 3 heteroatoms. The van der Waals surface area contributed by atoms with Gasteiger partial charge in [0.25, 0.3) is 0 Å². The highest BCUT2D eigenvalue weighted by Gasteiger charge is 2.09. The first-order chi connectivity index (χ1) is 8.20. The second-order valence-electron chi connectivity index (χ2n) is 4.06. The molecule has 0 fully saturated rings. The maximum absolute atomic E-state index is 11.7. The average Bonchev–Trinajstić information content (AvgIpc) is 2.37. The summed E-state index contributed by atoms with van der Waals surface area (Å²) in [7, 11) is 1.77. The number of carbonyl (C=O) groups excluding carboxylic acids is 1. The van der Waals surface area contributed by atoms with Gasteiger partial charge in [-0.25, -0.2) is 0 Å². The van der Waals surface area contributed by atoms with Crippen molar-refractivity contribution in [3.63, 3.8) is 0 Å².